The van der Waals surface area contributed by atoms with E-state index in [1.807, 2.05) is 0 Å². The molecule has 1 fully saturated rings. The van der Waals surface area contributed by atoms with Gasteiger partial charge in [-0.2, -0.15) is 0 Å². The Morgan fingerprint density at radius 3 is 1.24 bits per heavy atom. The van der Waals surface area contributed by atoms with Gasteiger partial charge in [0.1, 0.15) is 0 Å². The van der Waals surface area contributed by atoms with Crippen LogP contribution in [0.1, 0.15) is 58.2 Å². The van der Waals surface area contributed by atoms with Gasteiger partial charge in [0.2, 0.25) is 0 Å². The molecule has 5 nitrogen and oxygen atoms in total. The summed E-state index contributed by atoms with van der Waals surface area (Å²) >= 11 is -0.217. The molecule has 0 radical (unpaired) electrons. The molecular weight excluding hydrogens is 928 g/mol. The molecule has 1 aliphatic heterocycles. The van der Waals surface area contributed by atoms with Gasteiger partial charge < -0.3 is 0 Å². The summed E-state index contributed by atoms with van der Waals surface area (Å²) in [4.78, 5) is 0. The van der Waals surface area contributed by atoms with Gasteiger partial charge in [-0.05, 0) is 0 Å². The summed E-state index contributed by atoms with van der Waals surface area (Å²) in [6.45, 7) is 28.1. The van der Waals surface area contributed by atoms with Crippen molar-refractivity contribution in [2.45, 2.75) is 113 Å². The quantitative estimate of drug-likeness (QED) is 0.0673. The van der Waals surface area contributed by atoms with Gasteiger partial charge in [-0.1, -0.05) is 0 Å². The van der Waals surface area contributed by atoms with Crippen LogP contribution in [0, 0.1) is 0 Å². The van der Waals surface area contributed by atoms with Gasteiger partial charge >= 0.3 is 408 Å². The predicted molar refractivity (Wildman–Crippen MR) is 283 cm³/mol. The van der Waals surface area contributed by atoms with Gasteiger partial charge in [0.05, 0.1) is 0 Å². The van der Waals surface area contributed by atoms with Gasteiger partial charge in [0.25, 0.3) is 0 Å². The molecule has 0 spiro atoms. The normalized spacial score (nSPS) is 19.9. The molecule has 0 aliphatic carbocycles. The monoisotopic (exact) mass is 998 g/mol. The molecule has 7 rings (SSSR count). The van der Waals surface area contributed by atoms with Crippen molar-refractivity contribution in [2.24, 2.45) is 0 Å². The SMILES string of the molecule is C=C[Si](O[C@@H]1[C@@H](O[Si](C)(C)C(C)(C)C)[C@H](O[Si](C)(C)C(C)(C)C)[C@@H](COC(c2ccccc2)(c2ccccc2)c2ccccc2)O[C@H]1[Se]c1ccccc1)(c1ccccc1)c1ccccc1. The van der Waals surface area contributed by atoms with Crippen LogP contribution in [0.5, 0.6) is 0 Å². The molecule has 0 N–H and O–H groups in total. The fraction of sp³-hybridized carbons (Fsp3) is 0.333. The van der Waals surface area contributed by atoms with Crippen LogP contribution in [0.3, 0.4) is 0 Å². The van der Waals surface area contributed by atoms with Crippen LogP contribution < -0.4 is 14.8 Å². The van der Waals surface area contributed by atoms with Crippen LogP contribution in [0.25, 0.3) is 0 Å². The van der Waals surface area contributed by atoms with E-state index >= 15 is 0 Å². The molecule has 9 heteroatoms. The van der Waals surface area contributed by atoms with Gasteiger partial charge in [0, 0.05) is 0 Å². The fourth-order valence-corrected chi connectivity index (χ4v) is 16.8. The Kier molecular flexibility index (Phi) is 15.7. The van der Waals surface area contributed by atoms with Crippen LogP contribution in [0.15, 0.2) is 194 Å². The van der Waals surface area contributed by atoms with E-state index in [0.717, 1.165) is 27.1 Å². The summed E-state index contributed by atoms with van der Waals surface area (Å²) < 4.78 is 40.6. The van der Waals surface area contributed by atoms with Crippen LogP contribution in [-0.2, 0) is 28.4 Å². The van der Waals surface area contributed by atoms with Crippen molar-refractivity contribution >= 4 is 54.7 Å². The third-order valence-electron chi connectivity index (χ3n) is 14.1. The number of hydrogen-bond acceptors (Lipinski definition) is 5. The van der Waals surface area contributed by atoms with Crippen molar-refractivity contribution in [3.05, 3.63) is 211 Å². The second-order valence-electron chi connectivity index (χ2n) is 20.5. The molecule has 6 aromatic carbocycles. The maximum atomic E-state index is 8.09. The first-order valence-electron chi connectivity index (χ1n) is 23.4. The molecule has 5 atom stereocenters. The van der Waals surface area contributed by atoms with Crippen LogP contribution in [-0.4, -0.2) is 75.9 Å². The molecule has 0 aromatic heterocycles. The molecule has 0 unspecified atom stereocenters. The second-order valence-corrected chi connectivity index (χ2v) is 35.7. The zero-order valence-electron chi connectivity index (χ0n) is 40.6. The van der Waals surface area contributed by atoms with Gasteiger partial charge in [-0.15, -0.1) is 0 Å². The van der Waals surface area contributed by atoms with Crippen molar-refractivity contribution < 1.29 is 22.8 Å². The zero-order valence-corrected chi connectivity index (χ0v) is 45.4. The van der Waals surface area contributed by atoms with E-state index in [2.05, 4.69) is 262 Å². The summed E-state index contributed by atoms with van der Waals surface area (Å²) in [5.74, 6) is 0. The summed E-state index contributed by atoms with van der Waals surface area (Å²) in [6.07, 6.45) is -2.13. The Labute approximate surface area is 405 Å². The summed E-state index contributed by atoms with van der Waals surface area (Å²) in [5.41, 5.74) is 4.23. The Hall–Kier alpha value is -3.97. The molecule has 66 heavy (non-hydrogen) atoms. The van der Waals surface area contributed by atoms with Crippen LogP contribution in [0.4, 0.5) is 0 Å². The molecule has 1 heterocycles. The Morgan fingerprint density at radius 1 is 0.500 bits per heavy atom. The zero-order chi connectivity index (χ0) is 47.2. The van der Waals surface area contributed by atoms with Gasteiger partial charge in [-0.3, -0.25) is 0 Å². The summed E-state index contributed by atoms with van der Waals surface area (Å²) in [5, 5.41) is 1.62. The Morgan fingerprint density at radius 2 is 0.864 bits per heavy atom. The van der Waals surface area contributed by atoms with Crippen LogP contribution >= 0.6 is 0 Å². The van der Waals surface area contributed by atoms with Crippen molar-refractivity contribution in [1.29, 1.82) is 0 Å². The summed E-state index contributed by atoms with van der Waals surface area (Å²) in [6, 6.07) is 63.9. The molecular formula is C57H70O5SeSi3. The predicted octanol–water partition coefficient (Wildman–Crippen LogP) is 11.4. The van der Waals surface area contributed by atoms with Crippen molar-refractivity contribution in [3.63, 3.8) is 0 Å². The Bertz CT molecular complexity index is 2290. The van der Waals surface area contributed by atoms with E-state index < -0.39 is 55.0 Å². The Balaban J connectivity index is 1.47. The molecule has 0 bridgehead atoms. The average molecular weight is 998 g/mol. The molecule has 1 aliphatic rings. The van der Waals surface area contributed by atoms with Crippen molar-refractivity contribution in [2.75, 3.05) is 6.61 Å². The first kappa shape index (κ1) is 49.9. The minimum absolute atomic E-state index is 0.113. The molecule has 1 saturated heterocycles. The van der Waals surface area contributed by atoms with Crippen molar-refractivity contribution in [1.82, 2.24) is 0 Å². The van der Waals surface area contributed by atoms with E-state index in [9.17, 15) is 0 Å². The molecule has 346 valence electrons. The number of benzene rings is 6. The van der Waals surface area contributed by atoms with E-state index in [1.165, 1.54) is 4.46 Å². The number of hydrogen-bond donors (Lipinski definition) is 0. The third kappa shape index (κ3) is 10.7. The number of rotatable bonds is 17. The van der Waals surface area contributed by atoms with Crippen molar-refractivity contribution in [3.8, 4) is 0 Å². The first-order valence-corrected chi connectivity index (χ1v) is 33.0. The maximum absolute atomic E-state index is 8.09. The van der Waals surface area contributed by atoms with E-state index in [-0.39, 0.29) is 36.6 Å². The molecule has 0 saturated carbocycles. The first-order chi connectivity index (χ1) is 31.4. The van der Waals surface area contributed by atoms with Gasteiger partial charge in [-0.25, -0.2) is 0 Å². The van der Waals surface area contributed by atoms with Crippen LogP contribution in [0.2, 0.25) is 36.3 Å². The molecule has 0 amide bonds. The average Bonchev–Trinajstić information content (AvgIpc) is 3.31. The van der Waals surface area contributed by atoms with E-state index in [1.54, 1.807) is 0 Å². The third-order valence-corrected chi connectivity index (χ3v) is 29.1. The van der Waals surface area contributed by atoms with E-state index in [4.69, 9.17) is 22.8 Å². The molecule has 6 aromatic rings. The summed E-state index contributed by atoms with van der Waals surface area (Å²) in [7, 11) is -8.30. The topological polar surface area (TPSA) is 46.2 Å². The second kappa shape index (κ2) is 20.7. The minimum atomic E-state index is -3.20. The standard InChI is InChI=1S/C57H70O5SeSi3/c1-12-66(48-39-27-17-28-40-48,49-41-29-18-30-42-49)62-53-52(61-65(10,11)56(5,6)7)51(60-64(8,9)55(2,3)4)50(59-54(53)63-47-37-25-16-26-38-47)43-58-57(44-31-19-13-20-32-44,45-33-21-14-22-34-45)46-35-23-15-24-36-46/h12-42,50-54H,1,43H2,2-11H3/t50-,51-,52+,53-,54+/m1/s1. The fourth-order valence-electron chi connectivity index (χ4n) is 8.32. The van der Waals surface area contributed by atoms with E-state index in [0.29, 0.717) is 0 Å². The van der Waals surface area contributed by atoms with Gasteiger partial charge in [0.15, 0.2) is 0 Å². The number of ether oxygens (including phenoxy) is 2.